The normalized spacial score (nSPS) is 14.6. The van der Waals surface area contributed by atoms with Gasteiger partial charge in [0.25, 0.3) is 0 Å². The van der Waals surface area contributed by atoms with Crippen LogP contribution in [0.3, 0.4) is 0 Å². The van der Waals surface area contributed by atoms with Gasteiger partial charge in [-0.25, -0.2) is 0 Å². The number of nitrogens with two attached hydrogens (primary N) is 1. The van der Waals surface area contributed by atoms with Crippen LogP contribution in [0, 0.1) is 0 Å². The third-order valence-electron chi connectivity index (χ3n) is 2.39. The van der Waals surface area contributed by atoms with E-state index in [1.54, 1.807) is 0 Å². The highest BCUT2D eigenvalue weighted by Gasteiger charge is 2.14. The summed E-state index contributed by atoms with van der Waals surface area (Å²) in [5, 5.41) is 0.696. The fourth-order valence-corrected chi connectivity index (χ4v) is 1.78. The standard InChI is InChI=1S/C13H20ClNO2/c1-3-16-9-10(2)17-13(8-15)11-5-4-6-12(14)7-11/h4-7,10,13H,3,8-9,15H2,1-2H3. The number of hydrogen-bond donors (Lipinski definition) is 1. The lowest BCUT2D eigenvalue weighted by atomic mass is 10.1. The molecule has 0 aliphatic heterocycles. The Morgan fingerprint density at radius 1 is 1.41 bits per heavy atom. The molecule has 0 spiro atoms. The molecule has 2 unspecified atom stereocenters. The van der Waals surface area contributed by atoms with E-state index >= 15 is 0 Å². The molecule has 0 aliphatic rings. The summed E-state index contributed by atoms with van der Waals surface area (Å²) < 4.78 is 11.1. The van der Waals surface area contributed by atoms with E-state index in [1.807, 2.05) is 38.1 Å². The van der Waals surface area contributed by atoms with E-state index in [-0.39, 0.29) is 12.2 Å². The molecule has 0 heterocycles. The lowest BCUT2D eigenvalue weighted by Crippen LogP contribution is -2.24. The molecule has 0 saturated heterocycles. The molecular formula is C13H20ClNO2. The van der Waals surface area contributed by atoms with Gasteiger partial charge in [0.05, 0.1) is 18.8 Å². The number of ether oxygens (including phenoxy) is 2. The van der Waals surface area contributed by atoms with Crippen molar-refractivity contribution >= 4 is 11.6 Å². The average Bonchev–Trinajstić information content (AvgIpc) is 2.33. The largest absolute Gasteiger partial charge is 0.379 e. The van der Waals surface area contributed by atoms with E-state index in [4.69, 9.17) is 26.8 Å². The zero-order valence-corrected chi connectivity index (χ0v) is 11.1. The van der Waals surface area contributed by atoms with Gasteiger partial charge in [0, 0.05) is 18.2 Å². The van der Waals surface area contributed by atoms with Crippen LogP contribution in [0.2, 0.25) is 5.02 Å². The Balaban J connectivity index is 2.59. The maximum Gasteiger partial charge on any atom is 0.0952 e. The first-order valence-electron chi connectivity index (χ1n) is 5.86. The summed E-state index contributed by atoms with van der Waals surface area (Å²) in [5.74, 6) is 0. The SMILES string of the molecule is CCOCC(C)OC(CN)c1cccc(Cl)c1. The van der Waals surface area contributed by atoms with E-state index in [0.717, 1.165) is 5.56 Å². The second-order valence-electron chi connectivity index (χ2n) is 3.89. The number of rotatable bonds is 7. The molecule has 0 bridgehead atoms. The Kier molecular flexibility index (Phi) is 6.52. The van der Waals surface area contributed by atoms with E-state index in [9.17, 15) is 0 Å². The zero-order chi connectivity index (χ0) is 12.7. The third kappa shape index (κ3) is 5.04. The van der Waals surface area contributed by atoms with Gasteiger partial charge >= 0.3 is 0 Å². The highest BCUT2D eigenvalue weighted by molar-refractivity contribution is 6.30. The van der Waals surface area contributed by atoms with Gasteiger partial charge in [0.1, 0.15) is 0 Å². The lowest BCUT2D eigenvalue weighted by molar-refractivity contribution is -0.0441. The van der Waals surface area contributed by atoms with Crippen LogP contribution in [-0.4, -0.2) is 25.9 Å². The molecule has 0 radical (unpaired) electrons. The Morgan fingerprint density at radius 2 is 2.18 bits per heavy atom. The number of halogens is 1. The summed E-state index contributed by atoms with van der Waals surface area (Å²) in [5.41, 5.74) is 6.73. The summed E-state index contributed by atoms with van der Waals surface area (Å²) in [4.78, 5) is 0. The van der Waals surface area contributed by atoms with Crippen molar-refractivity contribution in [1.29, 1.82) is 0 Å². The van der Waals surface area contributed by atoms with Crippen LogP contribution in [-0.2, 0) is 9.47 Å². The Hall–Kier alpha value is -0.610. The maximum atomic E-state index is 5.94. The second kappa shape index (κ2) is 7.67. The predicted molar refractivity (Wildman–Crippen MR) is 70.3 cm³/mol. The Labute approximate surface area is 108 Å². The van der Waals surface area contributed by atoms with Crippen LogP contribution in [0.1, 0.15) is 25.5 Å². The Morgan fingerprint density at radius 3 is 2.76 bits per heavy atom. The van der Waals surface area contributed by atoms with Crippen molar-refractivity contribution in [3.05, 3.63) is 34.9 Å². The Bertz CT molecular complexity index is 333. The van der Waals surface area contributed by atoms with Crippen LogP contribution >= 0.6 is 11.6 Å². The highest BCUT2D eigenvalue weighted by Crippen LogP contribution is 2.21. The van der Waals surface area contributed by atoms with Crippen molar-refractivity contribution in [2.45, 2.75) is 26.1 Å². The van der Waals surface area contributed by atoms with Crippen molar-refractivity contribution in [1.82, 2.24) is 0 Å². The first kappa shape index (κ1) is 14.5. The minimum Gasteiger partial charge on any atom is -0.379 e. The van der Waals surface area contributed by atoms with Crippen molar-refractivity contribution in [3.8, 4) is 0 Å². The van der Waals surface area contributed by atoms with Crippen molar-refractivity contribution in [2.24, 2.45) is 5.73 Å². The summed E-state index contributed by atoms with van der Waals surface area (Å²) in [7, 11) is 0. The van der Waals surface area contributed by atoms with Crippen LogP contribution in [0.4, 0.5) is 0 Å². The van der Waals surface area contributed by atoms with Gasteiger partial charge in [-0.15, -0.1) is 0 Å². The summed E-state index contributed by atoms with van der Waals surface area (Å²) >= 11 is 5.94. The van der Waals surface area contributed by atoms with E-state index in [0.29, 0.717) is 24.8 Å². The second-order valence-corrected chi connectivity index (χ2v) is 4.32. The van der Waals surface area contributed by atoms with Gasteiger partial charge in [-0.2, -0.15) is 0 Å². The molecule has 3 nitrogen and oxygen atoms in total. The molecule has 4 heteroatoms. The molecule has 1 rings (SSSR count). The van der Waals surface area contributed by atoms with Crippen LogP contribution in [0.5, 0.6) is 0 Å². The quantitative estimate of drug-likeness (QED) is 0.817. The molecule has 1 aromatic rings. The number of benzene rings is 1. The average molecular weight is 258 g/mol. The van der Waals surface area contributed by atoms with Crippen LogP contribution in [0.25, 0.3) is 0 Å². The van der Waals surface area contributed by atoms with Gasteiger partial charge in [0.2, 0.25) is 0 Å². The minimum absolute atomic E-state index is 0.0162. The third-order valence-corrected chi connectivity index (χ3v) is 2.62. The zero-order valence-electron chi connectivity index (χ0n) is 10.4. The minimum atomic E-state index is -0.135. The van der Waals surface area contributed by atoms with E-state index < -0.39 is 0 Å². The highest BCUT2D eigenvalue weighted by atomic mass is 35.5. The molecule has 0 saturated carbocycles. The fourth-order valence-electron chi connectivity index (χ4n) is 1.58. The summed E-state index contributed by atoms with van der Waals surface area (Å²) in [6.45, 7) is 5.63. The molecule has 2 atom stereocenters. The summed E-state index contributed by atoms with van der Waals surface area (Å²) in [6.07, 6.45) is -0.119. The molecule has 0 fully saturated rings. The molecule has 0 aliphatic carbocycles. The molecule has 0 amide bonds. The van der Waals surface area contributed by atoms with Gasteiger partial charge in [-0.05, 0) is 31.5 Å². The molecular weight excluding hydrogens is 238 g/mol. The maximum absolute atomic E-state index is 5.94. The molecule has 17 heavy (non-hydrogen) atoms. The number of hydrogen-bond acceptors (Lipinski definition) is 3. The summed E-state index contributed by atoms with van der Waals surface area (Å²) in [6, 6.07) is 7.59. The molecule has 1 aromatic carbocycles. The van der Waals surface area contributed by atoms with Crippen molar-refractivity contribution in [3.63, 3.8) is 0 Å². The smallest absolute Gasteiger partial charge is 0.0952 e. The van der Waals surface area contributed by atoms with Gasteiger partial charge in [-0.3, -0.25) is 0 Å². The van der Waals surface area contributed by atoms with Crippen molar-refractivity contribution in [2.75, 3.05) is 19.8 Å². The molecule has 96 valence electrons. The van der Waals surface area contributed by atoms with Crippen molar-refractivity contribution < 1.29 is 9.47 Å². The van der Waals surface area contributed by atoms with Crippen LogP contribution in [0.15, 0.2) is 24.3 Å². The van der Waals surface area contributed by atoms with E-state index in [1.165, 1.54) is 0 Å². The lowest BCUT2D eigenvalue weighted by Gasteiger charge is -2.21. The first-order valence-corrected chi connectivity index (χ1v) is 6.23. The molecule has 0 aromatic heterocycles. The van der Waals surface area contributed by atoms with E-state index in [2.05, 4.69) is 0 Å². The first-order chi connectivity index (χ1) is 8.17. The van der Waals surface area contributed by atoms with Gasteiger partial charge < -0.3 is 15.2 Å². The predicted octanol–water partition coefficient (Wildman–Crippen LogP) is 2.78. The fraction of sp³-hybridized carbons (Fsp3) is 0.538. The molecule has 2 N–H and O–H groups in total. The topological polar surface area (TPSA) is 44.5 Å². The van der Waals surface area contributed by atoms with Gasteiger partial charge in [0.15, 0.2) is 0 Å². The van der Waals surface area contributed by atoms with Crippen LogP contribution < -0.4 is 5.73 Å². The monoisotopic (exact) mass is 257 g/mol. The van der Waals surface area contributed by atoms with Gasteiger partial charge in [-0.1, -0.05) is 23.7 Å².